The van der Waals surface area contributed by atoms with Crippen molar-refractivity contribution < 1.29 is 14.3 Å². The van der Waals surface area contributed by atoms with Crippen LogP contribution >= 0.6 is 0 Å². The Morgan fingerprint density at radius 1 is 1.21 bits per heavy atom. The number of nitrogens with zero attached hydrogens (tertiary/aromatic N) is 2. The molecule has 0 atom stereocenters. The van der Waals surface area contributed by atoms with Crippen molar-refractivity contribution in [3.8, 4) is 0 Å². The van der Waals surface area contributed by atoms with Gasteiger partial charge < -0.3 is 19.9 Å². The third-order valence-electron chi connectivity index (χ3n) is 5.23. The third-order valence-corrected chi connectivity index (χ3v) is 5.23. The van der Waals surface area contributed by atoms with Crippen molar-refractivity contribution in [3.05, 3.63) is 36.0 Å². The van der Waals surface area contributed by atoms with E-state index in [0.717, 1.165) is 44.8 Å². The quantitative estimate of drug-likeness (QED) is 0.683. The van der Waals surface area contributed by atoms with Crippen molar-refractivity contribution in [1.82, 2.24) is 20.1 Å². The summed E-state index contributed by atoms with van der Waals surface area (Å²) in [5.41, 5.74) is 2.29. The molecule has 0 spiro atoms. The Labute approximate surface area is 166 Å². The van der Waals surface area contributed by atoms with Gasteiger partial charge in [-0.15, -0.1) is 0 Å². The molecule has 152 valence electrons. The summed E-state index contributed by atoms with van der Waals surface area (Å²) in [4.78, 5) is 31.4. The minimum atomic E-state index is -0.00777. The van der Waals surface area contributed by atoms with E-state index < -0.39 is 0 Å². The fourth-order valence-corrected chi connectivity index (χ4v) is 3.52. The van der Waals surface area contributed by atoms with E-state index in [1.54, 1.807) is 11.8 Å². The first-order valence-corrected chi connectivity index (χ1v) is 10.0. The number of amides is 2. The molecule has 2 amide bonds. The van der Waals surface area contributed by atoms with Crippen LogP contribution in [0.4, 0.5) is 0 Å². The molecule has 0 saturated carbocycles. The monoisotopic (exact) mass is 386 g/mol. The smallest absolute Gasteiger partial charge is 0.221 e. The number of benzene rings is 1. The average molecular weight is 386 g/mol. The summed E-state index contributed by atoms with van der Waals surface area (Å²) in [7, 11) is 0. The maximum absolute atomic E-state index is 12.1. The van der Waals surface area contributed by atoms with Gasteiger partial charge in [-0.05, 0) is 18.1 Å². The highest BCUT2D eigenvalue weighted by molar-refractivity contribution is 5.83. The maximum atomic E-state index is 12.1. The molecule has 2 N–H and O–H groups in total. The summed E-state index contributed by atoms with van der Waals surface area (Å²) in [6.07, 6.45) is 3.10. The molecule has 7 heteroatoms. The number of rotatable bonds is 9. The lowest BCUT2D eigenvalue weighted by molar-refractivity contribution is -0.129. The number of fused-ring (bicyclic) bond motifs is 1. The summed E-state index contributed by atoms with van der Waals surface area (Å²) in [6.45, 7) is 7.45. The van der Waals surface area contributed by atoms with Crippen molar-refractivity contribution in [2.24, 2.45) is 0 Å². The van der Waals surface area contributed by atoms with Gasteiger partial charge in [0.25, 0.3) is 0 Å². The first kappa shape index (κ1) is 20.4. The fraction of sp³-hybridized carbons (Fsp3) is 0.524. The van der Waals surface area contributed by atoms with Crippen LogP contribution in [0.3, 0.4) is 0 Å². The Kier molecular flexibility index (Phi) is 7.45. The van der Waals surface area contributed by atoms with Crippen LogP contribution in [0, 0.1) is 0 Å². The van der Waals surface area contributed by atoms with E-state index in [9.17, 15) is 9.59 Å². The molecule has 28 heavy (non-hydrogen) atoms. The van der Waals surface area contributed by atoms with E-state index in [1.807, 2.05) is 24.4 Å². The predicted molar refractivity (Wildman–Crippen MR) is 109 cm³/mol. The van der Waals surface area contributed by atoms with Gasteiger partial charge in [0.05, 0.1) is 13.2 Å². The first-order chi connectivity index (χ1) is 13.6. The van der Waals surface area contributed by atoms with Crippen LogP contribution in [0.1, 0.15) is 18.9 Å². The summed E-state index contributed by atoms with van der Waals surface area (Å²) in [6, 6.07) is 8.15. The molecule has 1 fully saturated rings. The second-order valence-corrected chi connectivity index (χ2v) is 7.17. The number of aromatic amines is 1. The number of carbonyl (C=O) groups excluding carboxylic acids is 2. The molecule has 2 aromatic rings. The van der Waals surface area contributed by atoms with E-state index >= 15 is 0 Å². The van der Waals surface area contributed by atoms with E-state index in [2.05, 4.69) is 21.3 Å². The number of aromatic nitrogens is 1. The van der Waals surface area contributed by atoms with E-state index in [1.165, 1.54) is 10.9 Å². The third kappa shape index (κ3) is 5.81. The molecule has 0 radical (unpaired) electrons. The lowest BCUT2D eigenvalue weighted by atomic mass is 10.1. The van der Waals surface area contributed by atoms with E-state index in [4.69, 9.17) is 4.74 Å². The van der Waals surface area contributed by atoms with Gasteiger partial charge in [-0.1, -0.05) is 18.2 Å². The van der Waals surface area contributed by atoms with Crippen LogP contribution in [-0.4, -0.2) is 79.1 Å². The molecule has 0 unspecified atom stereocenters. The molecular weight excluding hydrogens is 356 g/mol. The molecule has 0 bridgehead atoms. The number of hydrogen-bond donors (Lipinski definition) is 2. The van der Waals surface area contributed by atoms with Crippen LogP contribution in [0.15, 0.2) is 30.5 Å². The highest BCUT2D eigenvalue weighted by atomic mass is 16.5. The summed E-state index contributed by atoms with van der Waals surface area (Å²) in [5.74, 6) is -0.00689. The highest BCUT2D eigenvalue weighted by Gasteiger charge is 2.14. The minimum absolute atomic E-state index is 0.000887. The summed E-state index contributed by atoms with van der Waals surface area (Å²) >= 11 is 0. The van der Waals surface area contributed by atoms with Gasteiger partial charge in [-0.25, -0.2) is 0 Å². The van der Waals surface area contributed by atoms with Gasteiger partial charge >= 0.3 is 0 Å². The molecule has 1 aromatic heterocycles. The Morgan fingerprint density at radius 3 is 2.79 bits per heavy atom. The van der Waals surface area contributed by atoms with E-state index in [-0.39, 0.29) is 11.8 Å². The number of nitrogens with one attached hydrogen (secondary N) is 2. The SMILES string of the molecule is CC(=O)N(CCC(=O)NCCN1CCOCC1)CCc1c[nH]c2ccccc12. The number of ether oxygens (including phenoxy) is 1. The summed E-state index contributed by atoms with van der Waals surface area (Å²) < 4.78 is 5.32. The molecule has 0 aliphatic carbocycles. The molecule has 1 aliphatic heterocycles. The largest absolute Gasteiger partial charge is 0.379 e. The molecule has 1 saturated heterocycles. The minimum Gasteiger partial charge on any atom is -0.379 e. The second kappa shape index (κ2) is 10.2. The van der Waals surface area contributed by atoms with Crippen molar-refractivity contribution in [1.29, 1.82) is 0 Å². The standard InChI is InChI=1S/C21H30N4O3/c1-17(26)25(9-6-18-16-23-20-5-3-2-4-19(18)20)10-7-21(27)22-8-11-24-12-14-28-15-13-24/h2-5,16,23H,6-15H2,1H3,(H,22,27). The Hall–Kier alpha value is -2.38. The highest BCUT2D eigenvalue weighted by Crippen LogP contribution is 2.18. The number of carbonyl (C=O) groups is 2. The number of H-pyrrole nitrogens is 1. The van der Waals surface area contributed by atoms with Gasteiger partial charge in [0.15, 0.2) is 0 Å². The second-order valence-electron chi connectivity index (χ2n) is 7.17. The molecule has 2 heterocycles. The molecule has 3 rings (SSSR count). The van der Waals surface area contributed by atoms with Gasteiger partial charge in [0.1, 0.15) is 0 Å². The van der Waals surface area contributed by atoms with Crippen LogP contribution in [0.5, 0.6) is 0 Å². The van der Waals surface area contributed by atoms with Crippen molar-refractivity contribution in [2.75, 3.05) is 52.5 Å². The molecule has 1 aliphatic rings. The van der Waals surface area contributed by atoms with Crippen LogP contribution < -0.4 is 5.32 Å². The van der Waals surface area contributed by atoms with Gasteiger partial charge in [0, 0.05) is 69.7 Å². The van der Waals surface area contributed by atoms with Gasteiger partial charge in [0.2, 0.25) is 11.8 Å². The lowest BCUT2D eigenvalue weighted by Crippen LogP contribution is -2.42. The predicted octanol–water partition coefficient (Wildman–Crippen LogP) is 1.40. The van der Waals surface area contributed by atoms with Crippen molar-refractivity contribution in [2.45, 2.75) is 19.8 Å². The maximum Gasteiger partial charge on any atom is 0.221 e. The van der Waals surface area contributed by atoms with Gasteiger partial charge in [-0.2, -0.15) is 0 Å². The van der Waals surface area contributed by atoms with Gasteiger partial charge in [-0.3, -0.25) is 14.5 Å². The Bertz CT molecular complexity index is 783. The van der Waals surface area contributed by atoms with Crippen molar-refractivity contribution >= 4 is 22.7 Å². The number of para-hydroxylation sites is 1. The number of hydrogen-bond acceptors (Lipinski definition) is 4. The Morgan fingerprint density at radius 2 is 2.00 bits per heavy atom. The molecule has 7 nitrogen and oxygen atoms in total. The average Bonchev–Trinajstić information content (AvgIpc) is 3.12. The topological polar surface area (TPSA) is 77.7 Å². The molecular formula is C21H30N4O3. The summed E-state index contributed by atoms with van der Waals surface area (Å²) in [5, 5.41) is 4.14. The normalized spacial score (nSPS) is 14.9. The zero-order chi connectivity index (χ0) is 19.8. The van der Waals surface area contributed by atoms with Crippen LogP contribution in [0.2, 0.25) is 0 Å². The van der Waals surface area contributed by atoms with Crippen molar-refractivity contribution in [3.63, 3.8) is 0 Å². The first-order valence-electron chi connectivity index (χ1n) is 10.0. The molecule has 1 aromatic carbocycles. The number of morpholine rings is 1. The Balaban J connectivity index is 1.40. The van der Waals surface area contributed by atoms with E-state index in [0.29, 0.717) is 26.1 Å². The van der Waals surface area contributed by atoms with Crippen LogP contribution in [0.25, 0.3) is 10.9 Å². The van der Waals surface area contributed by atoms with Crippen LogP contribution in [-0.2, 0) is 20.7 Å². The fourth-order valence-electron chi connectivity index (χ4n) is 3.52. The zero-order valence-electron chi connectivity index (χ0n) is 16.6. The zero-order valence-corrected chi connectivity index (χ0v) is 16.6. The lowest BCUT2D eigenvalue weighted by Gasteiger charge is -2.26.